The fourth-order valence-electron chi connectivity index (χ4n) is 2.20. The summed E-state index contributed by atoms with van der Waals surface area (Å²) in [6, 6.07) is 7.45. The van der Waals surface area contributed by atoms with Crippen molar-refractivity contribution in [2.75, 3.05) is 5.32 Å². The van der Waals surface area contributed by atoms with E-state index in [1.807, 2.05) is 24.3 Å². The van der Waals surface area contributed by atoms with Gasteiger partial charge in [0.1, 0.15) is 0 Å². The van der Waals surface area contributed by atoms with E-state index in [9.17, 15) is 4.79 Å². The van der Waals surface area contributed by atoms with E-state index in [0.717, 1.165) is 23.9 Å². The highest BCUT2D eigenvalue weighted by molar-refractivity contribution is 6.32. The van der Waals surface area contributed by atoms with Crippen LogP contribution in [0.3, 0.4) is 0 Å². The second kappa shape index (κ2) is 5.13. The molecule has 98 valence electrons. The molecule has 0 saturated heterocycles. The molecule has 0 bridgehead atoms. The highest BCUT2D eigenvalue weighted by atomic mass is 35.5. The number of para-hydroxylation sites is 2. The summed E-state index contributed by atoms with van der Waals surface area (Å²) in [5.41, 5.74) is 1.45. The first-order valence-corrected chi connectivity index (χ1v) is 6.82. The molecule has 0 unspecified atom stereocenters. The molecule has 19 heavy (non-hydrogen) atoms. The maximum Gasteiger partial charge on any atom is 0.225 e. The van der Waals surface area contributed by atoms with Gasteiger partial charge in [-0.15, -0.1) is 0 Å². The van der Waals surface area contributed by atoms with Crippen LogP contribution in [0.5, 0.6) is 0 Å². The van der Waals surface area contributed by atoms with Crippen molar-refractivity contribution in [2.24, 2.45) is 5.92 Å². The molecule has 1 aliphatic carbocycles. The smallest absolute Gasteiger partial charge is 0.225 e. The first kappa shape index (κ1) is 12.4. The average Bonchev–Trinajstić information content (AvgIpc) is 2.35. The molecular formula is C14H14ClN3O. The van der Waals surface area contributed by atoms with E-state index in [4.69, 9.17) is 11.6 Å². The lowest BCUT2D eigenvalue weighted by Gasteiger charge is -2.24. The van der Waals surface area contributed by atoms with Crippen LogP contribution in [0.1, 0.15) is 25.7 Å². The Bertz CT molecular complexity index is 625. The molecule has 1 aromatic carbocycles. The lowest BCUT2D eigenvalue weighted by Crippen LogP contribution is -2.21. The largest absolute Gasteiger partial charge is 0.308 e. The van der Waals surface area contributed by atoms with Gasteiger partial charge in [0.05, 0.1) is 11.0 Å². The van der Waals surface area contributed by atoms with Gasteiger partial charge in [0.25, 0.3) is 0 Å². The highest BCUT2D eigenvalue weighted by Gasteiger charge is 2.21. The molecule has 0 aliphatic heterocycles. The van der Waals surface area contributed by atoms with Gasteiger partial charge in [0.2, 0.25) is 5.91 Å². The van der Waals surface area contributed by atoms with Crippen LogP contribution in [0.25, 0.3) is 11.0 Å². The van der Waals surface area contributed by atoms with Crippen molar-refractivity contribution < 1.29 is 4.79 Å². The quantitative estimate of drug-likeness (QED) is 0.934. The number of anilines is 1. The Kier molecular flexibility index (Phi) is 3.34. The number of nitrogens with zero attached hydrogens (tertiary/aromatic N) is 2. The summed E-state index contributed by atoms with van der Waals surface area (Å²) < 4.78 is 0. The molecular weight excluding hydrogens is 262 g/mol. The van der Waals surface area contributed by atoms with E-state index < -0.39 is 0 Å². The normalized spacial score (nSPS) is 15.2. The van der Waals surface area contributed by atoms with Crippen LogP contribution in [0.4, 0.5) is 5.82 Å². The third-order valence-corrected chi connectivity index (χ3v) is 3.75. The van der Waals surface area contributed by atoms with Gasteiger partial charge in [-0.25, -0.2) is 9.97 Å². The number of nitrogens with one attached hydrogen (secondary N) is 1. The fraction of sp³-hybridized carbons (Fsp3) is 0.357. The molecule has 1 fully saturated rings. The Morgan fingerprint density at radius 3 is 2.58 bits per heavy atom. The Labute approximate surface area is 116 Å². The molecule has 5 heteroatoms. The van der Waals surface area contributed by atoms with Crippen molar-refractivity contribution in [1.82, 2.24) is 9.97 Å². The number of amides is 1. The van der Waals surface area contributed by atoms with E-state index in [2.05, 4.69) is 15.3 Å². The number of carbonyl (C=O) groups is 1. The Morgan fingerprint density at radius 1 is 1.26 bits per heavy atom. The number of benzene rings is 1. The molecule has 1 amide bonds. The van der Waals surface area contributed by atoms with Gasteiger partial charge in [-0.1, -0.05) is 30.2 Å². The third kappa shape index (κ3) is 2.68. The standard InChI is InChI=1S/C14H14ClN3O/c15-13-14(18-12(19)8-9-4-3-5-9)17-11-7-2-1-6-10(11)16-13/h1-2,6-7,9H,3-5,8H2,(H,17,18,19). The SMILES string of the molecule is O=C(CC1CCC1)Nc1nc2ccccc2nc1Cl. The zero-order valence-electron chi connectivity index (χ0n) is 10.4. The molecule has 1 heterocycles. The Morgan fingerprint density at radius 2 is 1.95 bits per heavy atom. The molecule has 2 aromatic rings. The number of aromatic nitrogens is 2. The minimum Gasteiger partial charge on any atom is -0.308 e. The minimum absolute atomic E-state index is 0.0313. The second-order valence-electron chi connectivity index (χ2n) is 4.90. The number of halogens is 1. The van der Waals surface area contributed by atoms with E-state index in [1.54, 1.807) is 0 Å². The van der Waals surface area contributed by atoms with Crippen LogP contribution in [0.15, 0.2) is 24.3 Å². The number of rotatable bonds is 3. The van der Waals surface area contributed by atoms with E-state index in [-0.39, 0.29) is 11.1 Å². The van der Waals surface area contributed by atoms with Gasteiger partial charge >= 0.3 is 0 Å². The van der Waals surface area contributed by atoms with Crippen molar-refractivity contribution in [1.29, 1.82) is 0 Å². The van der Waals surface area contributed by atoms with Gasteiger partial charge in [-0.2, -0.15) is 0 Å². The van der Waals surface area contributed by atoms with Crippen molar-refractivity contribution in [3.8, 4) is 0 Å². The van der Waals surface area contributed by atoms with Gasteiger partial charge in [-0.3, -0.25) is 4.79 Å². The Balaban J connectivity index is 1.79. The van der Waals surface area contributed by atoms with Crippen molar-refractivity contribution in [2.45, 2.75) is 25.7 Å². The van der Waals surface area contributed by atoms with E-state index in [1.165, 1.54) is 6.42 Å². The number of hydrogen-bond donors (Lipinski definition) is 1. The Hall–Kier alpha value is -1.68. The molecule has 4 nitrogen and oxygen atoms in total. The molecule has 1 aromatic heterocycles. The number of carbonyl (C=O) groups excluding carboxylic acids is 1. The lowest BCUT2D eigenvalue weighted by atomic mass is 9.83. The first-order chi connectivity index (χ1) is 9.22. The van der Waals surface area contributed by atoms with Crippen LogP contribution >= 0.6 is 11.6 Å². The van der Waals surface area contributed by atoms with Crippen LogP contribution < -0.4 is 5.32 Å². The molecule has 1 N–H and O–H groups in total. The van der Waals surface area contributed by atoms with Crippen LogP contribution in [-0.4, -0.2) is 15.9 Å². The third-order valence-electron chi connectivity index (χ3n) is 3.48. The molecule has 0 spiro atoms. The predicted octanol–water partition coefficient (Wildman–Crippen LogP) is 3.41. The van der Waals surface area contributed by atoms with Crippen LogP contribution in [-0.2, 0) is 4.79 Å². The minimum atomic E-state index is -0.0313. The topological polar surface area (TPSA) is 54.9 Å². The number of hydrogen-bond acceptors (Lipinski definition) is 3. The summed E-state index contributed by atoms with van der Waals surface area (Å²) in [6.45, 7) is 0. The van der Waals surface area contributed by atoms with Crippen molar-refractivity contribution >= 4 is 34.4 Å². The predicted molar refractivity (Wildman–Crippen MR) is 75.1 cm³/mol. The molecule has 0 atom stereocenters. The summed E-state index contributed by atoms with van der Waals surface area (Å²) in [5.74, 6) is 0.841. The summed E-state index contributed by atoms with van der Waals surface area (Å²) >= 11 is 6.04. The lowest BCUT2D eigenvalue weighted by molar-refractivity contribution is -0.117. The van der Waals surface area contributed by atoms with Crippen molar-refractivity contribution in [3.05, 3.63) is 29.4 Å². The van der Waals surface area contributed by atoms with E-state index >= 15 is 0 Å². The zero-order chi connectivity index (χ0) is 13.2. The van der Waals surface area contributed by atoms with Gasteiger partial charge < -0.3 is 5.32 Å². The second-order valence-corrected chi connectivity index (χ2v) is 5.26. The first-order valence-electron chi connectivity index (χ1n) is 6.44. The molecule has 3 rings (SSSR count). The summed E-state index contributed by atoms with van der Waals surface area (Å²) in [5, 5.41) is 2.99. The fourth-order valence-corrected chi connectivity index (χ4v) is 2.38. The maximum atomic E-state index is 11.9. The monoisotopic (exact) mass is 275 g/mol. The summed E-state index contributed by atoms with van der Waals surface area (Å²) in [7, 11) is 0. The van der Waals surface area contributed by atoms with Crippen LogP contribution in [0, 0.1) is 5.92 Å². The average molecular weight is 276 g/mol. The summed E-state index contributed by atoms with van der Waals surface area (Å²) in [6.07, 6.45) is 4.06. The maximum absolute atomic E-state index is 11.9. The van der Waals surface area contributed by atoms with Gasteiger partial charge in [-0.05, 0) is 30.9 Å². The molecule has 1 aliphatic rings. The van der Waals surface area contributed by atoms with Gasteiger partial charge in [0.15, 0.2) is 11.0 Å². The highest BCUT2D eigenvalue weighted by Crippen LogP contribution is 2.30. The van der Waals surface area contributed by atoms with Crippen molar-refractivity contribution in [3.63, 3.8) is 0 Å². The zero-order valence-corrected chi connectivity index (χ0v) is 11.2. The van der Waals surface area contributed by atoms with E-state index in [0.29, 0.717) is 18.2 Å². The summed E-state index contributed by atoms with van der Waals surface area (Å²) in [4.78, 5) is 20.4. The molecule has 0 radical (unpaired) electrons. The van der Waals surface area contributed by atoms with Gasteiger partial charge in [0, 0.05) is 6.42 Å². The molecule has 1 saturated carbocycles. The van der Waals surface area contributed by atoms with Crippen LogP contribution in [0.2, 0.25) is 5.15 Å². The number of fused-ring (bicyclic) bond motifs is 1.